The van der Waals surface area contributed by atoms with Gasteiger partial charge in [0.1, 0.15) is 5.82 Å². The molecule has 1 saturated heterocycles. The highest BCUT2D eigenvalue weighted by Crippen LogP contribution is 2.18. The monoisotopic (exact) mass is 259 g/mol. The normalized spacial score (nSPS) is 18.5. The minimum absolute atomic E-state index is 0.112. The average molecular weight is 260 g/mol. The Bertz CT molecular complexity index is 383. The molecule has 1 heterocycles. The summed E-state index contributed by atoms with van der Waals surface area (Å²) in [6.07, 6.45) is 0.976. The van der Waals surface area contributed by atoms with Crippen molar-refractivity contribution in [2.24, 2.45) is 5.73 Å². The van der Waals surface area contributed by atoms with E-state index in [1.54, 1.807) is 12.1 Å². The number of halogens is 2. The van der Waals surface area contributed by atoms with Crippen molar-refractivity contribution in [2.75, 3.05) is 13.2 Å². The highest BCUT2D eigenvalue weighted by Gasteiger charge is 2.19. The van der Waals surface area contributed by atoms with Gasteiger partial charge in [0.2, 0.25) is 0 Å². The molecule has 0 amide bonds. The van der Waals surface area contributed by atoms with Gasteiger partial charge >= 0.3 is 0 Å². The van der Waals surface area contributed by atoms with Crippen molar-refractivity contribution < 1.29 is 13.9 Å². The van der Waals surface area contributed by atoms with E-state index >= 15 is 0 Å². The van der Waals surface area contributed by atoms with Crippen LogP contribution in [0.2, 0.25) is 5.02 Å². The minimum Gasteiger partial charge on any atom is -0.350 e. The Labute approximate surface area is 105 Å². The molecule has 5 heteroatoms. The van der Waals surface area contributed by atoms with Crippen LogP contribution in [0.1, 0.15) is 12.0 Å². The molecular weight excluding hydrogens is 245 g/mol. The zero-order valence-electron chi connectivity index (χ0n) is 9.36. The van der Waals surface area contributed by atoms with Gasteiger partial charge in [0.15, 0.2) is 6.29 Å². The average Bonchev–Trinajstić information content (AvgIpc) is 2.76. The molecule has 0 aromatic heterocycles. The maximum atomic E-state index is 13.2. The van der Waals surface area contributed by atoms with Gasteiger partial charge in [-0.25, -0.2) is 4.39 Å². The quantitative estimate of drug-likeness (QED) is 0.901. The van der Waals surface area contributed by atoms with Crippen LogP contribution in [0.15, 0.2) is 18.2 Å². The summed E-state index contributed by atoms with van der Waals surface area (Å²) in [4.78, 5) is 0. The lowest BCUT2D eigenvalue weighted by Crippen LogP contribution is -2.28. The van der Waals surface area contributed by atoms with E-state index in [1.807, 2.05) is 0 Å². The summed E-state index contributed by atoms with van der Waals surface area (Å²) in [5, 5.41) is 0.129. The Morgan fingerprint density at radius 2 is 2.12 bits per heavy atom. The van der Waals surface area contributed by atoms with Crippen LogP contribution in [-0.4, -0.2) is 25.5 Å². The summed E-state index contributed by atoms with van der Waals surface area (Å²) in [5.74, 6) is -0.412. The van der Waals surface area contributed by atoms with Crippen LogP contribution in [0.3, 0.4) is 0 Å². The highest BCUT2D eigenvalue weighted by molar-refractivity contribution is 6.30. The second-order valence-corrected chi connectivity index (χ2v) is 4.53. The van der Waals surface area contributed by atoms with Crippen molar-refractivity contribution in [3.63, 3.8) is 0 Å². The summed E-state index contributed by atoms with van der Waals surface area (Å²) in [6.45, 7) is 1.24. The number of hydrogen-bond acceptors (Lipinski definition) is 3. The summed E-state index contributed by atoms with van der Waals surface area (Å²) < 4.78 is 23.8. The van der Waals surface area contributed by atoms with E-state index in [9.17, 15) is 4.39 Å². The first-order valence-corrected chi connectivity index (χ1v) is 5.95. The van der Waals surface area contributed by atoms with Crippen LogP contribution in [-0.2, 0) is 15.9 Å². The summed E-state index contributed by atoms with van der Waals surface area (Å²) in [7, 11) is 0. The first-order chi connectivity index (χ1) is 8.15. The molecular formula is C12H15ClFNO2. The number of nitrogens with two attached hydrogens (primary N) is 1. The van der Waals surface area contributed by atoms with Crippen molar-refractivity contribution in [2.45, 2.75) is 25.2 Å². The Kier molecular flexibility index (Phi) is 4.34. The molecule has 3 nitrogen and oxygen atoms in total. The van der Waals surface area contributed by atoms with E-state index in [0.29, 0.717) is 26.1 Å². The predicted molar refractivity (Wildman–Crippen MR) is 63.4 cm³/mol. The molecule has 0 spiro atoms. The largest absolute Gasteiger partial charge is 0.350 e. The number of hydrogen-bond donors (Lipinski definition) is 1. The molecule has 17 heavy (non-hydrogen) atoms. The second kappa shape index (κ2) is 5.78. The zero-order chi connectivity index (χ0) is 12.3. The number of benzene rings is 1. The molecule has 1 aromatic carbocycles. The van der Waals surface area contributed by atoms with Gasteiger partial charge in [-0.2, -0.15) is 0 Å². The molecule has 94 valence electrons. The van der Waals surface area contributed by atoms with Gasteiger partial charge in [0, 0.05) is 12.5 Å². The minimum atomic E-state index is -0.412. The first-order valence-electron chi connectivity index (χ1n) is 5.58. The standard InChI is InChI=1S/C12H15ClFNO2/c13-10-2-1-8(6-11(10)14)5-9(15)7-12-16-3-4-17-12/h1-2,6,9,12H,3-5,7,15H2. The van der Waals surface area contributed by atoms with E-state index in [0.717, 1.165) is 5.56 Å². The Morgan fingerprint density at radius 1 is 1.41 bits per heavy atom. The van der Waals surface area contributed by atoms with Gasteiger partial charge < -0.3 is 15.2 Å². The SMILES string of the molecule is NC(Cc1ccc(Cl)c(F)c1)CC1OCCO1. The van der Waals surface area contributed by atoms with Crippen molar-refractivity contribution in [3.05, 3.63) is 34.6 Å². The van der Waals surface area contributed by atoms with Crippen molar-refractivity contribution >= 4 is 11.6 Å². The smallest absolute Gasteiger partial charge is 0.159 e. The van der Waals surface area contributed by atoms with Crippen LogP contribution < -0.4 is 5.73 Å². The molecule has 2 N–H and O–H groups in total. The van der Waals surface area contributed by atoms with E-state index in [1.165, 1.54) is 6.07 Å². The fourth-order valence-corrected chi connectivity index (χ4v) is 1.96. The van der Waals surface area contributed by atoms with E-state index < -0.39 is 5.82 Å². The summed E-state index contributed by atoms with van der Waals surface area (Å²) in [6, 6.07) is 4.63. The second-order valence-electron chi connectivity index (χ2n) is 4.12. The fraction of sp³-hybridized carbons (Fsp3) is 0.500. The van der Waals surface area contributed by atoms with E-state index in [2.05, 4.69) is 0 Å². The van der Waals surface area contributed by atoms with Crippen LogP contribution in [0.25, 0.3) is 0 Å². The van der Waals surface area contributed by atoms with Gasteiger partial charge in [-0.15, -0.1) is 0 Å². The fourth-order valence-electron chi connectivity index (χ4n) is 1.84. The molecule has 1 aliphatic rings. The molecule has 1 fully saturated rings. The van der Waals surface area contributed by atoms with Crippen LogP contribution in [0.5, 0.6) is 0 Å². The lowest BCUT2D eigenvalue weighted by Gasteiger charge is -2.15. The van der Waals surface area contributed by atoms with Gasteiger partial charge in [-0.3, -0.25) is 0 Å². The lowest BCUT2D eigenvalue weighted by molar-refractivity contribution is -0.0504. The van der Waals surface area contributed by atoms with E-state index in [-0.39, 0.29) is 17.4 Å². The molecule has 2 rings (SSSR count). The van der Waals surface area contributed by atoms with Crippen LogP contribution in [0, 0.1) is 5.82 Å². The summed E-state index contributed by atoms with van der Waals surface area (Å²) in [5.41, 5.74) is 6.79. The zero-order valence-corrected chi connectivity index (χ0v) is 10.1. The highest BCUT2D eigenvalue weighted by atomic mass is 35.5. The molecule has 1 unspecified atom stereocenters. The van der Waals surface area contributed by atoms with Crippen molar-refractivity contribution in [1.82, 2.24) is 0 Å². The molecule has 1 aromatic rings. The van der Waals surface area contributed by atoms with E-state index in [4.69, 9.17) is 26.8 Å². The van der Waals surface area contributed by atoms with Gasteiger partial charge in [-0.05, 0) is 24.1 Å². The maximum absolute atomic E-state index is 13.2. The Morgan fingerprint density at radius 3 is 2.76 bits per heavy atom. The van der Waals surface area contributed by atoms with Crippen LogP contribution in [0.4, 0.5) is 4.39 Å². The molecule has 0 bridgehead atoms. The topological polar surface area (TPSA) is 44.5 Å². The summed E-state index contributed by atoms with van der Waals surface area (Å²) >= 11 is 5.61. The van der Waals surface area contributed by atoms with Crippen molar-refractivity contribution in [3.8, 4) is 0 Å². The number of rotatable bonds is 4. The maximum Gasteiger partial charge on any atom is 0.159 e. The number of ether oxygens (including phenoxy) is 2. The third-order valence-corrected chi connectivity index (χ3v) is 2.97. The lowest BCUT2D eigenvalue weighted by atomic mass is 10.0. The Hall–Kier alpha value is -0.680. The van der Waals surface area contributed by atoms with Crippen molar-refractivity contribution in [1.29, 1.82) is 0 Å². The molecule has 0 saturated carbocycles. The van der Waals surface area contributed by atoms with Gasteiger partial charge in [0.25, 0.3) is 0 Å². The molecule has 0 aliphatic carbocycles. The van der Waals surface area contributed by atoms with Gasteiger partial charge in [0.05, 0.1) is 18.2 Å². The third kappa shape index (κ3) is 3.64. The molecule has 1 aliphatic heterocycles. The third-order valence-electron chi connectivity index (χ3n) is 2.67. The first kappa shape index (κ1) is 12.8. The Balaban J connectivity index is 1.88. The molecule has 0 radical (unpaired) electrons. The van der Waals surface area contributed by atoms with Crippen LogP contribution >= 0.6 is 11.6 Å². The predicted octanol–water partition coefficient (Wildman–Crippen LogP) is 2.11. The van der Waals surface area contributed by atoms with Gasteiger partial charge in [-0.1, -0.05) is 17.7 Å². The molecule has 1 atom stereocenters.